The molecule has 5 aliphatic rings. The largest absolute Gasteiger partial charge is 0.480 e. The molecule has 9 rings (SSSR count). The molecule has 18 heteroatoms. The lowest BCUT2D eigenvalue weighted by molar-refractivity contribution is -0.161. The number of carbonyl (C=O) groups is 3. The number of piperidine rings is 1. The van der Waals surface area contributed by atoms with E-state index < -0.39 is 47.7 Å². The number of carbonyl (C=O) groups excluding carboxylic acids is 2. The Hall–Kier alpha value is -4.62. The van der Waals surface area contributed by atoms with Gasteiger partial charge in [0.2, 0.25) is 11.8 Å². The standard InChI is InChI=1S/C47H58F3N7O7S/c1-26-16-29(26)40(58)52-34-19-37-51-35(21-65-37)28-8-9-36-30(17-28)32(20-44(3,4)23-63-25-46(43(60)61)10-7-13-57(54-46)42(34)59)39(56(36)22-47(48,49)50)31-18-33-41(53-38(31)27(2)62-6)64-24-45(33)11-14-55(5)15-12-45/h8-9,17-18,21,26-27,29,34,54H,7,10-16,19-20,22-25H2,1-6H3,(H,52,58)(H,60,61)/t26-,27-,29-,34-,46-/m0/s1. The van der Waals surface area contributed by atoms with E-state index in [2.05, 4.69) is 22.7 Å². The average molecular weight is 922 g/mol. The van der Waals surface area contributed by atoms with Gasteiger partial charge in [-0.15, -0.1) is 11.3 Å². The highest BCUT2D eigenvalue weighted by molar-refractivity contribution is 7.10. The molecule has 14 nitrogen and oxygen atoms in total. The van der Waals surface area contributed by atoms with Crippen molar-refractivity contribution >= 4 is 40.0 Å². The second-order valence-electron chi connectivity index (χ2n) is 19.9. The number of fused-ring (bicyclic) bond motifs is 8. The van der Waals surface area contributed by atoms with Crippen molar-refractivity contribution in [3.63, 3.8) is 0 Å². The van der Waals surface area contributed by atoms with Crippen molar-refractivity contribution in [2.45, 2.75) is 108 Å². The van der Waals surface area contributed by atoms with E-state index in [1.807, 2.05) is 45.2 Å². The molecule has 1 saturated carbocycles. The zero-order valence-electron chi connectivity index (χ0n) is 37.8. The van der Waals surface area contributed by atoms with Gasteiger partial charge < -0.3 is 34.1 Å². The third kappa shape index (κ3) is 8.76. The zero-order valence-corrected chi connectivity index (χ0v) is 38.6. The molecule has 5 atom stereocenters. The molecule has 1 aliphatic carbocycles. The first-order valence-corrected chi connectivity index (χ1v) is 23.4. The number of benzene rings is 1. The Morgan fingerprint density at radius 2 is 1.86 bits per heavy atom. The lowest BCUT2D eigenvalue weighted by atomic mass is 9.74. The van der Waals surface area contributed by atoms with E-state index in [1.165, 1.54) is 20.9 Å². The Kier molecular flexibility index (Phi) is 11.8. The number of carboxylic acids is 1. The van der Waals surface area contributed by atoms with E-state index in [9.17, 15) is 19.5 Å². The first-order valence-electron chi connectivity index (χ1n) is 22.6. The second kappa shape index (κ2) is 16.9. The van der Waals surface area contributed by atoms with Crippen LogP contribution in [0.25, 0.3) is 33.4 Å². The number of hydrogen-bond acceptors (Lipinski definition) is 11. The van der Waals surface area contributed by atoms with Crippen molar-refractivity contribution < 1.29 is 46.9 Å². The molecule has 1 spiro atoms. The summed E-state index contributed by atoms with van der Waals surface area (Å²) in [6.45, 7) is 8.50. The predicted octanol–water partition coefficient (Wildman–Crippen LogP) is 6.68. The fourth-order valence-corrected chi connectivity index (χ4v) is 11.1. The number of nitrogens with zero attached hydrogens (tertiary/aromatic N) is 5. The molecule has 6 bridgehead atoms. The number of methoxy groups -OCH3 is 1. The number of carboxylic acid groups (broad SMARTS) is 1. The Morgan fingerprint density at radius 1 is 1.11 bits per heavy atom. The number of aromatic nitrogens is 3. The van der Waals surface area contributed by atoms with Crippen LogP contribution in [0.3, 0.4) is 0 Å². The highest BCUT2D eigenvalue weighted by atomic mass is 32.1. The van der Waals surface area contributed by atoms with Crippen molar-refractivity contribution in [3.05, 3.63) is 51.5 Å². The summed E-state index contributed by atoms with van der Waals surface area (Å²) >= 11 is 1.31. The van der Waals surface area contributed by atoms with Crippen molar-refractivity contribution in [2.24, 2.45) is 17.3 Å². The summed E-state index contributed by atoms with van der Waals surface area (Å²) in [5, 5.41) is 18.0. The minimum absolute atomic E-state index is 0.0324. The van der Waals surface area contributed by atoms with Crippen LogP contribution in [0.15, 0.2) is 29.6 Å². The third-order valence-corrected chi connectivity index (χ3v) is 15.2. The molecule has 3 aromatic heterocycles. The smallest absolute Gasteiger partial charge is 0.406 e. The van der Waals surface area contributed by atoms with Gasteiger partial charge in [-0.2, -0.15) is 13.2 Å². The van der Waals surface area contributed by atoms with Crippen molar-refractivity contribution in [1.29, 1.82) is 0 Å². The maximum Gasteiger partial charge on any atom is 0.406 e. The first-order chi connectivity index (χ1) is 30.8. The highest BCUT2D eigenvalue weighted by Crippen LogP contribution is 2.50. The lowest BCUT2D eigenvalue weighted by Gasteiger charge is -2.42. The number of aliphatic carboxylic acids is 1. The molecular weight excluding hydrogens is 864 g/mol. The van der Waals surface area contributed by atoms with Crippen LogP contribution in [0, 0.1) is 17.3 Å². The minimum Gasteiger partial charge on any atom is -0.480 e. The maximum absolute atomic E-state index is 15.0. The number of likely N-dealkylation sites (tertiary alicyclic amines) is 1. The molecule has 2 amide bonds. The van der Waals surface area contributed by atoms with Crippen LogP contribution >= 0.6 is 11.3 Å². The molecule has 7 heterocycles. The monoisotopic (exact) mass is 921 g/mol. The number of nitrogens with one attached hydrogen (secondary N) is 2. The predicted molar refractivity (Wildman–Crippen MR) is 237 cm³/mol. The molecule has 0 radical (unpaired) electrons. The van der Waals surface area contributed by atoms with E-state index in [-0.39, 0.29) is 62.2 Å². The molecule has 350 valence electrons. The Labute approximate surface area is 380 Å². The van der Waals surface area contributed by atoms with Crippen molar-refractivity contribution in [2.75, 3.05) is 53.6 Å². The Morgan fingerprint density at radius 3 is 2.55 bits per heavy atom. The Balaban J connectivity index is 1.23. The van der Waals surface area contributed by atoms with Crippen LogP contribution in [0.1, 0.15) is 87.7 Å². The molecule has 4 aliphatic heterocycles. The number of thiazole rings is 1. The lowest BCUT2D eigenvalue weighted by Crippen LogP contribution is -2.68. The molecule has 4 aromatic rings. The maximum atomic E-state index is 15.0. The van der Waals surface area contributed by atoms with Crippen LogP contribution in [-0.4, -0.2) is 119 Å². The highest BCUT2D eigenvalue weighted by Gasteiger charge is 2.48. The third-order valence-electron chi connectivity index (χ3n) is 14.3. The van der Waals surface area contributed by atoms with E-state index in [1.54, 1.807) is 19.2 Å². The van der Waals surface area contributed by atoms with Gasteiger partial charge >= 0.3 is 12.1 Å². The molecular formula is C47H58F3N7O7S. The fourth-order valence-electron chi connectivity index (χ4n) is 10.3. The normalized spacial score (nSPS) is 26.1. The van der Waals surface area contributed by atoms with Gasteiger partial charge in [-0.3, -0.25) is 19.4 Å². The number of pyridine rings is 1. The van der Waals surface area contributed by atoms with Crippen LogP contribution in [-0.2, 0) is 48.7 Å². The summed E-state index contributed by atoms with van der Waals surface area (Å²) in [7, 11) is 3.63. The summed E-state index contributed by atoms with van der Waals surface area (Å²) in [5.74, 6) is -1.46. The summed E-state index contributed by atoms with van der Waals surface area (Å²) in [5.41, 5.74) is 4.72. The van der Waals surface area contributed by atoms with Crippen LogP contribution in [0.5, 0.6) is 5.88 Å². The van der Waals surface area contributed by atoms with Gasteiger partial charge in [-0.05, 0) is 101 Å². The van der Waals surface area contributed by atoms with Gasteiger partial charge in [-0.1, -0.05) is 26.8 Å². The average Bonchev–Trinajstić information content (AvgIpc) is 3.52. The van der Waals surface area contributed by atoms with Gasteiger partial charge in [0.25, 0.3) is 5.91 Å². The number of hydrazine groups is 1. The van der Waals surface area contributed by atoms with Crippen LogP contribution < -0.4 is 15.5 Å². The van der Waals surface area contributed by atoms with Crippen molar-refractivity contribution in [3.8, 4) is 28.4 Å². The summed E-state index contributed by atoms with van der Waals surface area (Å²) in [4.78, 5) is 53.1. The Bertz CT molecular complexity index is 2520. The molecule has 0 unspecified atom stereocenters. The van der Waals surface area contributed by atoms with Crippen LogP contribution in [0.4, 0.5) is 13.2 Å². The molecule has 3 N–H and O–H groups in total. The number of hydrogen-bond donors (Lipinski definition) is 3. The number of ether oxygens (including phenoxy) is 3. The summed E-state index contributed by atoms with van der Waals surface area (Å²) in [6.07, 6.45) is -2.06. The molecule has 65 heavy (non-hydrogen) atoms. The molecule has 3 fully saturated rings. The van der Waals surface area contributed by atoms with E-state index in [4.69, 9.17) is 24.2 Å². The minimum atomic E-state index is -4.60. The van der Waals surface area contributed by atoms with E-state index in [0.29, 0.717) is 75.0 Å². The van der Waals surface area contributed by atoms with Gasteiger partial charge in [0, 0.05) is 64.4 Å². The van der Waals surface area contributed by atoms with E-state index >= 15 is 13.2 Å². The number of halogens is 3. The van der Waals surface area contributed by atoms with Gasteiger partial charge in [-0.25, -0.2) is 15.4 Å². The van der Waals surface area contributed by atoms with E-state index in [0.717, 1.165) is 31.5 Å². The topological polar surface area (TPSA) is 160 Å². The summed E-state index contributed by atoms with van der Waals surface area (Å²) < 4.78 is 65.0. The zero-order chi connectivity index (χ0) is 46.2. The van der Waals surface area contributed by atoms with Crippen LogP contribution in [0.2, 0.25) is 0 Å². The molecule has 2 saturated heterocycles. The SMILES string of the molecule is CO[C@@H](C)c1nc2c(cc1-c1c3c4cc(ccc4n1CC(F)(F)F)-c1csc(n1)C[C@H](NC(=O)[C@H]1C[C@@H]1C)C(=O)N1CCC[C@@](C(=O)O)(COCC(C)(C)C3)N1)C1(CCN(C)CC1)CO2. The first kappa shape index (κ1) is 45.5. The second-order valence-corrected chi connectivity index (χ2v) is 20.9. The number of amides is 2. The van der Waals surface area contributed by atoms with Gasteiger partial charge in [0.15, 0.2) is 5.54 Å². The molecule has 1 aromatic carbocycles. The quantitative estimate of drug-likeness (QED) is 0.181. The van der Waals surface area contributed by atoms with Gasteiger partial charge in [0.1, 0.15) is 12.6 Å². The summed E-state index contributed by atoms with van der Waals surface area (Å²) in [6, 6.07) is 6.34. The fraction of sp³-hybridized carbons (Fsp3) is 0.596. The van der Waals surface area contributed by atoms with Gasteiger partial charge in [0.05, 0.1) is 48.0 Å². The van der Waals surface area contributed by atoms with Crippen molar-refractivity contribution in [1.82, 2.24) is 35.2 Å². The number of alkyl halides is 3. The number of rotatable bonds is 7.